The Morgan fingerprint density at radius 3 is 2.39 bits per heavy atom. The highest BCUT2D eigenvalue weighted by molar-refractivity contribution is 5.96. The Bertz CT molecular complexity index is 801. The number of benzene rings is 1. The van der Waals surface area contributed by atoms with Crippen molar-refractivity contribution >= 4 is 17.7 Å². The first-order valence-electron chi connectivity index (χ1n) is 9.24. The molecule has 1 aromatic heterocycles. The average molecular weight is 385 g/mol. The van der Waals surface area contributed by atoms with Gasteiger partial charge in [-0.2, -0.15) is 0 Å². The SMILES string of the molecule is O=C(CO)c1ccc(N2CCN(C(/C=C/c3ccc(F)cc3)CO)CC2)nc1. The lowest BCUT2D eigenvalue weighted by Gasteiger charge is -2.38. The van der Waals surface area contributed by atoms with Crippen molar-refractivity contribution in [1.29, 1.82) is 0 Å². The van der Waals surface area contributed by atoms with Gasteiger partial charge in [-0.3, -0.25) is 9.69 Å². The van der Waals surface area contributed by atoms with Crippen LogP contribution in [0.25, 0.3) is 6.08 Å². The number of anilines is 1. The summed E-state index contributed by atoms with van der Waals surface area (Å²) in [6.07, 6.45) is 5.32. The Balaban J connectivity index is 1.57. The first kappa shape index (κ1) is 20.1. The molecular formula is C21H24FN3O3. The van der Waals surface area contributed by atoms with Gasteiger partial charge >= 0.3 is 0 Å². The molecule has 0 spiro atoms. The highest BCUT2D eigenvalue weighted by atomic mass is 19.1. The molecule has 0 saturated carbocycles. The van der Waals surface area contributed by atoms with Gasteiger partial charge in [0.05, 0.1) is 12.6 Å². The number of carbonyl (C=O) groups is 1. The number of hydrogen-bond donors (Lipinski definition) is 2. The van der Waals surface area contributed by atoms with Gasteiger partial charge in [-0.25, -0.2) is 9.37 Å². The summed E-state index contributed by atoms with van der Waals surface area (Å²) >= 11 is 0. The molecule has 1 aromatic carbocycles. The standard InChI is InChI=1S/C21H24FN3O3/c22-18-5-1-16(2-6-18)3-7-19(14-26)24-9-11-25(12-10-24)21-8-4-17(13-23-21)20(28)15-27/h1-8,13,19,26-27H,9-12,14-15H2/b7-3+. The molecule has 0 aliphatic carbocycles. The van der Waals surface area contributed by atoms with Gasteiger partial charge < -0.3 is 15.1 Å². The quantitative estimate of drug-likeness (QED) is 0.705. The van der Waals surface area contributed by atoms with Crippen LogP contribution in [0.2, 0.25) is 0 Å². The summed E-state index contributed by atoms with van der Waals surface area (Å²) in [6.45, 7) is 2.51. The molecule has 7 heteroatoms. The van der Waals surface area contributed by atoms with E-state index in [1.165, 1.54) is 18.3 Å². The molecule has 0 amide bonds. The molecule has 1 aliphatic rings. The lowest BCUT2D eigenvalue weighted by atomic mass is 10.1. The van der Waals surface area contributed by atoms with Crippen LogP contribution in [0.5, 0.6) is 0 Å². The number of Topliss-reactive ketones (excluding diaryl/α,β-unsaturated/α-hetero) is 1. The summed E-state index contributed by atoms with van der Waals surface area (Å²) in [5.41, 5.74) is 1.29. The third-order valence-corrected chi connectivity index (χ3v) is 4.89. The minimum Gasteiger partial charge on any atom is -0.394 e. The number of aromatic nitrogens is 1. The van der Waals surface area contributed by atoms with Crippen LogP contribution in [-0.2, 0) is 0 Å². The number of nitrogens with zero attached hydrogens (tertiary/aromatic N) is 3. The second-order valence-corrected chi connectivity index (χ2v) is 6.67. The van der Waals surface area contributed by atoms with E-state index >= 15 is 0 Å². The van der Waals surface area contributed by atoms with Gasteiger partial charge in [0.1, 0.15) is 18.2 Å². The summed E-state index contributed by atoms with van der Waals surface area (Å²) < 4.78 is 13.0. The molecule has 2 heterocycles. The molecule has 2 N–H and O–H groups in total. The van der Waals surface area contributed by atoms with Gasteiger partial charge in [-0.05, 0) is 29.8 Å². The molecule has 3 rings (SSSR count). The van der Waals surface area contributed by atoms with E-state index in [-0.39, 0.29) is 24.2 Å². The second kappa shape index (κ2) is 9.54. The topological polar surface area (TPSA) is 76.9 Å². The van der Waals surface area contributed by atoms with Crippen molar-refractivity contribution in [2.24, 2.45) is 0 Å². The average Bonchev–Trinajstić information content (AvgIpc) is 2.75. The molecule has 6 nitrogen and oxygen atoms in total. The number of carbonyl (C=O) groups excluding carboxylic acids is 1. The Labute approximate surface area is 163 Å². The zero-order valence-electron chi connectivity index (χ0n) is 15.5. The molecule has 2 aromatic rings. The van der Waals surface area contributed by atoms with E-state index in [2.05, 4.69) is 14.8 Å². The van der Waals surface area contributed by atoms with Crippen LogP contribution in [-0.4, -0.2) is 71.3 Å². The maximum atomic E-state index is 13.0. The molecule has 28 heavy (non-hydrogen) atoms. The van der Waals surface area contributed by atoms with Crippen LogP contribution in [0.4, 0.5) is 10.2 Å². The van der Waals surface area contributed by atoms with E-state index in [1.54, 1.807) is 24.3 Å². The second-order valence-electron chi connectivity index (χ2n) is 6.67. The van der Waals surface area contributed by atoms with Crippen molar-refractivity contribution in [3.63, 3.8) is 0 Å². The van der Waals surface area contributed by atoms with Crippen molar-refractivity contribution in [3.05, 3.63) is 65.6 Å². The minimum atomic E-state index is -0.520. The van der Waals surface area contributed by atoms with Crippen LogP contribution in [0, 0.1) is 5.82 Å². The lowest BCUT2D eigenvalue weighted by molar-refractivity contribution is 0.0903. The molecule has 1 aliphatic heterocycles. The number of rotatable bonds is 7. The van der Waals surface area contributed by atoms with Crippen LogP contribution >= 0.6 is 0 Å². The first-order chi connectivity index (χ1) is 13.6. The van der Waals surface area contributed by atoms with Crippen molar-refractivity contribution in [2.75, 3.05) is 44.3 Å². The highest BCUT2D eigenvalue weighted by Gasteiger charge is 2.22. The Morgan fingerprint density at radius 2 is 1.82 bits per heavy atom. The van der Waals surface area contributed by atoms with E-state index in [0.29, 0.717) is 5.56 Å². The Kier molecular flexibility index (Phi) is 6.86. The van der Waals surface area contributed by atoms with Gasteiger partial charge in [-0.15, -0.1) is 0 Å². The predicted octanol–water partition coefficient (Wildman–Crippen LogP) is 1.59. The summed E-state index contributed by atoms with van der Waals surface area (Å²) in [5, 5.41) is 18.7. The third-order valence-electron chi connectivity index (χ3n) is 4.89. The van der Waals surface area contributed by atoms with Crippen LogP contribution in [0.1, 0.15) is 15.9 Å². The van der Waals surface area contributed by atoms with Crippen LogP contribution < -0.4 is 4.90 Å². The van der Waals surface area contributed by atoms with Gasteiger partial charge in [0.2, 0.25) is 0 Å². The van der Waals surface area contributed by atoms with E-state index in [9.17, 15) is 14.3 Å². The number of aliphatic hydroxyl groups excluding tert-OH is 2. The summed E-state index contributed by atoms with van der Waals surface area (Å²) in [7, 11) is 0. The maximum absolute atomic E-state index is 13.0. The van der Waals surface area contributed by atoms with Crippen molar-refractivity contribution in [3.8, 4) is 0 Å². The summed E-state index contributed by atoms with van der Waals surface area (Å²) in [4.78, 5) is 20.1. The van der Waals surface area contributed by atoms with E-state index in [0.717, 1.165) is 37.6 Å². The zero-order chi connectivity index (χ0) is 19.9. The van der Waals surface area contributed by atoms with Gasteiger partial charge in [-0.1, -0.05) is 24.3 Å². The largest absolute Gasteiger partial charge is 0.394 e. The number of hydrogen-bond acceptors (Lipinski definition) is 6. The molecular weight excluding hydrogens is 361 g/mol. The van der Waals surface area contributed by atoms with E-state index in [1.807, 2.05) is 12.2 Å². The summed E-state index contributed by atoms with van der Waals surface area (Å²) in [6, 6.07) is 9.60. The fourth-order valence-corrected chi connectivity index (χ4v) is 3.21. The molecule has 1 atom stereocenters. The van der Waals surface area contributed by atoms with Gasteiger partial charge in [0.25, 0.3) is 0 Å². The van der Waals surface area contributed by atoms with Crippen molar-refractivity contribution < 1.29 is 19.4 Å². The van der Waals surface area contributed by atoms with E-state index < -0.39 is 6.61 Å². The minimum absolute atomic E-state index is 0.00785. The molecule has 1 saturated heterocycles. The van der Waals surface area contributed by atoms with E-state index in [4.69, 9.17) is 5.11 Å². The smallest absolute Gasteiger partial charge is 0.189 e. The maximum Gasteiger partial charge on any atom is 0.189 e. The molecule has 148 valence electrons. The number of halogens is 1. The molecule has 0 bridgehead atoms. The number of ketones is 1. The number of aliphatic hydroxyl groups is 2. The number of piperazine rings is 1. The fraction of sp³-hybridized carbons (Fsp3) is 0.333. The summed E-state index contributed by atoms with van der Waals surface area (Å²) in [5.74, 6) is 0.175. The van der Waals surface area contributed by atoms with Crippen molar-refractivity contribution in [1.82, 2.24) is 9.88 Å². The van der Waals surface area contributed by atoms with Gasteiger partial charge in [0, 0.05) is 37.9 Å². The van der Waals surface area contributed by atoms with Gasteiger partial charge in [0.15, 0.2) is 5.78 Å². The van der Waals surface area contributed by atoms with Crippen molar-refractivity contribution in [2.45, 2.75) is 6.04 Å². The fourth-order valence-electron chi connectivity index (χ4n) is 3.21. The highest BCUT2D eigenvalue weighted by Crippen LogP contribution is 2.16. The first-order valence-corrected chi connectivity index (χ1v) is 9.24. The van der Waals surface area contributed by atoms with Crippen LogP contribution in [0.3, 0.4) is 0 Å². The predicted molar refractivity (Wildman–Crippen MR) is 106 cm³/mol. The Morgan fingerprint density at radius 1 is 1.11 bits per heavy atom. The Hall–Kier alpha value is -2.61. The molecule has 1 fully saturated rings. The normalized spacial score (nSPS) is 16.5. The monoisotopic (exact) mass is 385 g/mol. The lowest BCUT2D eigenvalue weighted by Crippen LogP contribution is -2.51. The zero-order valence-corrected chi connectivity index (χ0v) is 15.5. The third kappa shape index (κ3) is 5.01. The van der Waals surface area contributed by atoms with Crippen LogP contribution in [0.15, 0.2) is 48.7 Å². The molecule has 0 radical (unpaired) electrons. The molecule has 1 unspecified atom stereocenters. The number of pyridine rings is 1.